The largest absolute Gasteiger partial charge is 0.397 e. The molecule has 3 heteroatoms. The summed E-state index contributed by atoms with van der Waals surface area (Å²) in [6, 6.07) is 6.26. The van der Waals surface area contributed by atoms with E-state index in [1.54, 1.807) is 0 Å². The molecule has 0 bridgehead atoms. The molecule has 0 amide bonds. The Kier molecular flexibility index (Phi) is 3.41. The zero-order valence-electron chi connectivity index (χ0n) is 10.4. The number of nitrogen functional groups attached to an aromatic ring is 1. The molecule has 1 aliphatic rings. The van der Waals surface area contributed by atoms with Crippen LogP contribution >= 0.6 is 11.8 Å². The van der Waals surface area contributed by atoms with Gasteiger partial charge in [0.05, 0.1) is 5.69 Å². The Hall–Kier alpha value is -1.22. The molecule has 0 saturated heterocycles. The van der Waals surface area contributed by atoms with Crippen LogP contribution in [0.25, 0.3) is 10.8 Å². The maximum Gasteiger partial charge on any atom is 0.0533 e. The molecule has 1 aromatic heterocycles. The van der Waals surface area contributed by atoms with Crippen LogP contribution < -0.4 is 5.73 Å². The van der Waals surface area contributed by atoms with Gasteiger partial charge in [-0.15, -0.1) is 11.8 Å². The number of fused-ring (bicyclic) bond motifs is 1. The van der Waals surface area contributed by atoms with E-state index in [-0.39, 0.29) is 0 Å². The summed E-state index contributed by atoms with van der Waals surface area (Å²) >= 11 is 1.91. The van der Waals surface area contributed by atoms with Gasteiger partial charge in [-0.2, -0.15) is 0 Å². The molecule has 0 radical (unpaired) electrons. The number of rotatable bonds is 3. The Labute approximate surface area is 112 Å². The summed E-state index contributed by atoms with van der Waals surface area (Å²) in [4.78, 5) is 5.35. The monoisotopic (exact) mass is 258 g/mol. The van der Waals surface area contributed by atoms with Crippen LogP contribution in [0.1, 0.15) is 25.7 Å². The maximum absolute atomic E-state index is 6.26. The summed E-state index contributed by atoms with van der Waals surface area (Å²) in [5.74, 6) is 2.10. The number of nitrogens with two attached hydrogens (primary N) is 1. The van der Waals surface area contributed by atoms with Crippen LogP contribution in [0.3, 0.4) is 0 Å². The molecule has 1 aliphatic carbocycles. The van der Waals surface area contributed by atoms with Crippen LogP contribution in [0, 0.1) is 5.92 Å². The number of hydrogen-bond acceptors (Lipinski definition) is 3. The summed E-state index contributed by atoms with van der Waals surface area (Å²) in [7, 11) is 0. The molecule has 3 rings (SSSR count). The van der Waals surface area contributed by atoms with Gasteiger partial charge in [0, 0.05) is 33.8 Å². The third kappa shape index (κ3) is 2.32. The third-order valence-electron chi connectivity index (χ3n) is 3.77. The average Bonchev–Trinajstić information content (AvgIpc) is 2.91. The van der Waals surface area contributed by atoms with Gasteiger partial charge in [-0.25, -0.2) is 0 Å². The first-order chi connectivity index (χ1) is 8.84. The van der Waals surface area contributed by atoms with Crippen molar-refractivity contribution < 1.29 is 0 Å². The molecular formula is C15H18N2S. The second kappa shape index (κ2) is 5.19. The van der Waals surface area contributed by atoms with Gasteiger partial charge in [0.1, 0.15) is 0 Å². The molecule has 1 aromatic carbocycles. The Bertz CT molecular complexity index is 547. The van der Waals surface area contributed by atoms with E-state index in [0.717, 1.165) is 22.4 Å². The molecular weight excluding hydrogens is 240 g/mol. The van der Waals surface area contributed by atoms with Crippen molar-refractivity contribution in [2.75, 3.05) is 11.5 Å². The molecule has 18 heavy (non-hydrogen) atoms. The highest BCUT2D eigenvalue weighted by atomic mass is 32.2. The van der Waals surface area contributed by atoms with Crippen molar-refractivity contribution in [3.8, 4) is 0 Å². The van der Waals surface area contributed by atoms with Gasteiger partial charge >= 0.3 is 0 Å². The highest BCUT2D eigenvalue weighted by molar-refractivity contribution is 7.99. The topological polar surface area (TPSA) is 38.9 Å². The molecule has 0 spiro atoms. The van der Waals surface area contributed by atoms with Crippen LogP contribution in [-0.2, 0) is 0 Å². The first-order valence-corrected chi connectivity index (χ1v) is 7.58. The lowest BCUT2D eigenvalue weighted by Crippen LogP contribution is -1.98. The molecule has 1 fully saturated rings. The van der Waals surface area contributed by atoms with Gasteiger partial charge in [0.15, 0.2) is 0 Å². The number of pyridine rings is 1. The highest BCUT2D eigenvalue weighted by Crippen LogP contribution is 2.35. The molecule has 1 heterocycles. The lowest BCUT2D eigenvalue weighted by atomic mass is 10.1. The fourth-order valence-corrected chi connectivity index (χ4v) is 3.86. The Balaban J connectivity index is 1.81. The SMILES string of the molecule is Nc1c(SCC2CCCC2)ccc2cnccc12. The summed E-state index contributed by atoms with van der Waals surface area (Å²) in [6.07, 6.45) is 9.28. The average molecular weight is 258 g/mol. The third-order valence-corrected chi connectivity index (χ3v) is 5.08. The van der Waals surface area contributed by atoms with Crippen LogP contribution in [-0.4, -0.2) is 10.7 Å². The van der Waals surface area contributed by atoms with E-state index in [0.29, 0.717) is 0 Å². The minimum absolute atomic E-state index is 0.891. The van der Waals surface area contributed by atoms with Crippen molar-refractivity contribution in [2.24, 2.45) is 5.92 Å². The van der Waals surface area contributed by atoms with Crippen LogP contribution in [0.4, 0.5) is 5.69 Å². The van der Waals surface area contributed by atoms with E-state index in [4.69, 9.17) is 5.73 Å². The van der Waals surface area contributed by atoms with Crippen molar-refractivity contribution in [1.29, 1.82) is 0 Å². The first-order valence-electron chi connectivity index (χ1n) is 6.59. The second-order valence-corrected chi connectivity index (χ2v) is 6.10. The zero-order valence-corrected chi connectivity index (χ0v) is 11.2. The number of nitrogens with zero attached hydrogens (tertiary/aromatic N) is 1. The van der Waals surface area contributed by atoms with Gasteiger partial charge in [-0.3, -0.25) is 4.98 Å². The molecule has 1 saturated carbocycles. The van der Waals surface area contributed by atoms with E-state index < -0.39 is 0 Å². The number of thioether (sulfide) groups is 1. The summed E-state index contributed by atoms with van der Waals surface area (Å²) in [5.41, 5.74) is 7.17. The number of anilines is 1. The van der Waals surface area contributed by atoms with Crippen LogP contribution in [0.15, 0.2) is 35.5 Å². The predicted octanol–water partition coefficient (Wildman–Crippen LogP) is 4.10. The highest BCUT2D eigenvalue weighted by Gasteiger charge is 2.15. The van der Waals surface area contributed by atoms with Crippen molar-refractivity contribution in [2.45, 2.75) is 30.6 Å². The summed E-state index contributed by atoms with van der Waals surface area (Å²) < 4.78 is 0. The van der Waals surface area contributed by atoms with E-state index in [9.17, 15) is 0 Å². The number of benzene rings is 1. The second-order valence-electron chi connectivity index (χ2n) is 5.04. The van der Waals surface area contributed by atoms with Crippen molar-refractivity contribution in [1.82, 2.24) is 4.98 Å². The quantitative estimate of drug-likeness (QED) is 0.665. The van der Waals surface area contributed by atoms with Crippen LogP contribution in [0.2, 0.25) is 0 Å². The van der Waals surface area contributed by atoms with Crippen molar-refractivity contribution in [3.63, 3.8) is 0 Å². The Morgan fingerprint density at radius 3 is 2.89 bits per heavy atom. The lowest BCUT2D eigenvalue weighted by molar-refractivity contribution is 0.623. The van der Waals surface area contributed by atoms with Gasteiger partial charge in [0.25, 0.3) is 0 Å². The molecule has 0 aliphatic heterocycles. The molecule has 94 valence electrons. The Morgan fingerprint density at radius 1 is 1.22 bits per heavy atom. The molecule has 2 nitrogen and oxygen atoms in total. The Morgan fingerprint density at radius 2 is 2.06 bits per heavy atom. The van der Waals surface area contributed by atoms with Gasteiger partial charge < -0.3 is 5.73 Å². The van der Waals surface area contributed by atoms with E-state index in [2.05, 4.69) is 17.1 Å². The molecule has 0 unspecified atom stereocenters. The van der Waals surface area contributed by atoms with Crippen molar-refractivity contribution >= 4 is 28.2 Å². The smallest absolute Gasteiger partial charge is 0.0533 e. The van der Waals surface area contributed by atoms with E-state index in [1.807, 2.05) is 30.2 Å². The first kappa shape index (κ1) is 11.8. The zero-order chi connectivity index (χ0) is 12.4. The number of aromatic nitrogens is 1. The van der Waals surface area contributed by atoms with E-state index in [1.165, 1.54) is 36.3 Å². The normalized spacial score (nSPS) is 16.4. The fraction of sp³-hybridized carbons (Fsp3) is 0.400. The maximum atomic E-state index is 6.26. The fourth-order valence-electron chi connectivity index (χ4n) is 2.68. The molecule has 2 aromatic rings. The minimum Gasteiger partial charge on any atom is -0.397 e. The minimum atomic E-state index is 0.891. The lowest BCUT2D eigenvalue weighted by Gasteiger charge is -2.11. The molecule has 0 atom stereocenters. The molecule has 2 N–H and O–H groups in total. The standard InChI is InChI=1S/C15H18N2S/c16-15-13-7-8-17-9-12(13)5-6-14(15)18-10-11-3-1-2-4-11/h5-9,11H,1-4,10,16H2. The van der Waals surface area contributed by atoms with E-state index >= 15 is 0 Å². The van der Waals surface area contributed by atoms with Gasteiger partial charge in [-0.1, -0.05) is 18.9 Å². The summed E-state index contributed by atoms with van der Waals surface area (Å²) in [6.45, 7) is 0. The predicted molar refractivity (Wildman–Crippen MR) is 78.8 cm³/mol. The number of hydrogen-bond donors (Lipinski definition) is 1. The van der Waals surface area contributed by atoms with Gasteiger partial charge in [0.2, 0.25) is 0 Å². The van der Waals surface area contributed by atoms with Crippen LogP contribution in [0.5, 0.6) is 0 Å². The van der Waals surface area contributed by atoms with Gasteiger partial charge in [-0.05, 0) is 30.9 Å². The summed E-state index contributed by atoms with van der Waals surface area (Å²) in [5, 5.41) is 2.25. The van der Waals surface area contributed by atoms with Crippen molar-refractivity contribution in [3.05, 3.63) is 30.6 Å².